The first kappa shape index (κ1) is 14.0. The molecule has 0 aromatic heterocycles. The number of hydrazine groups is 1. The number of nitrogen functional groups attached to an aromatic ring is 1. The number of nitrogens with two attached hydrogens (primary N) is 1. The van der Waals surface area contributed by atoms with Gasteiger partial charge in [0.15, 0.2) is 0 Å². The average Bonchev–Trinajstić information content (AvgIpc) is 2.33. The average molecular weight is 274 g/mol. The van der Waals surface area contributed by atoms with Crippen LogP contribution in [-0.4, -0.2) is 43.1 Å². The van der Waals surface area contributed by atoms with E-state index in [1.807, 2.05) is 12.1 Å². The van der Waals surface area contributed by atoms with Crippen LogP contribution < -0.4 is 11.2 Å². The summed E-state index contributed by atoms with van der Waals surface area (Å²) in [5.41, 5.74) is 8.61. The predicted octanol–water partition coefficient (Wildman–Crippen LogP) is 1.86. The van der Waals surface area contributed by atoms with Crippen molar-refractivity contribution in [2.75, 3.05) is 44.4 Å². The van der Waals surface area contributed by atoms with E-state index in [1.54, 1.807) is 0 Å². The topological polar surface area (TPSA) is 44.5 Å². The molecule has 0 saturated carbocycles. The molecule has 1 aliphatic heterocycles. The Morgan fingerprint density at radius 1 is 1.16 bits per heavy atom. The molecule has 0 unspecified atom stereocenters. The summed E-state index contributed by atoms with van der Waals surface area (Å²) in [7, 11) is 2.03. The number of nitrogens with zero attached hydrogens (tertiary/aromatic N) is 2. The Labute approximate surface area is 109 Å². The lowest BCUT2D eigenvalue weighted by atomic mass is 10.1. The number of hydrogen-bond acceptors (Lipinski definition) is 4. The van der Waals surface area contributed by atoms with Crippen molar-refractivity contribution in [3.8, 4) is 0 Å². The van der Waals surface area contributed by atoms with Gasteiger partial charge in [-0.05, 0) is 25.2 Å². The van der Waals surface area contributed by atoms with Crippen LogP contribution in [0.15, 0.2) is 18.2 Å². The molecule has 1 saturated heterocycles. The first-order chi connectivity index (χ1) is 8.86. The molecule has 1 aromatic carbocycles. The highest BCUT2D eigenvalue weighted by Crippen LogP contribution is 2.32. The van der Waals surface area contributed by atoms with Crippen LogP contribution in [0, 0.1) is 0 Å². The number of halogens is 3. The highest BCUT2D eigenvalue weighted by atomic mass is 19.4. The molecule has 0 aliphatic carbocycles. The fourth-order valence-corrected chi connectivity index (χ4v) is 1.93. The van der Waals surface area contributed by atoms with E-state index in [4.69, 9.17) is 5.73 Å². The summed E-state index contributed by atoms with van der Waals surface area (Å²) in [4.78, 5) is 2.19. The normalized spacial score (nSPS) is 18.5. The van der Waals surface area contributed by atoms with Crippen molar-refractivity contribution in [2.24, 2.45) is 0 Å². The molecule has 0 atom stereocenters. The maximum absolute atomic E-state index is 12.5. The number of likely N-dealkylation sites (N-methyl/N-ethyl adjacent to an activating group) is 1. The van der Waals surface area contributed by atoms with Gasteiger partial charge < -0.3 is 16.1 Å². The van der Waals surface area contributed by atoms with Crippen molar-refractivity contribution in [1.29, 1.82) is 0 Å². The quantitative estimate of drug-likeness (QED) is 0.808. The van der Waals surface area contributed by atoms with E-state index < -0.39 is 11.7 Å². The number of anilines is 2. The van der Waals surface area contributed by atoms with E-state index in [0.717, 1.165) is 38.3 Å². The Balaban J connectivity index is 2.05. The number of alkyl halides is 3. The van der Waals surface area contributed by atoms with Crippen LogP contribution in [0.25, 0.3) is 0 Å². The van der Waals surface area contributed by atoms with Gasteiger partial charge in [0.25, 0.3) is 0 Å². The molecule has 0 radical (unpaired) electrons. The summed E-state index contributed by atoms with van der Waals surface area (Å²) in [6.45, 7) is 3.43. The van der Waals surface area contributed by atoms with Crippen molar-refractivity contribution in [2.45, 2.75) is 6.18 Å². The van der Waals surface area contributed by atoms with Gasteiger partial charge in [0, 0.05) is 26.2 Å². The fourth-order valence-electron chi connectivity index (χ4n) is 1.93. The predicted molar refractivity (Wildman–Crippen MR) is 68.5 cm³/mol. The van der Waals surface area contributed by atoms with Crippen LogP contribution in [-0.2, 0) is 6.18 Å². The second-order valence-corrected chi connectivity index (χ2v) is 4.70. The van der Waals surface area contributed by atoms with Crippen LogP contribution >= 0.6 is 0 Å². The molecular formula is C12H17F3N4. The van der Waals surface area contributed by atoms with Crippen molar-refractivity contribution in [3.63, 3.8) is 0 Å². The van der Waals surface area contributed by atoms with Crippen molar-refractivity contribution in [3.05, 3.63) is 23.8 Å². The van der Waals surface area contributed by atoms with E-state index >= 15 is 0 Å². The Morgan fingerprint density at radius 2 is 1.79 bits per heavy atom. The third-order valence-electron chi connectivity index (χ3n) is 3.16. The molecule has 7 heteroatoms. The lowest BCUT2D eigenvalue weighted by Crippen LogP contribution is -2.47. The summed E-state index contributed by atoms with van der Waals surface area (Å²) in [6, 6.07) is 3.36. The van der Waals surface area contributed by atoms with Crippen LogP contribution in [0.2, 0.25) is 0 Å². The van der Waals surface area contributed by atoms with Gasteiger partial charge >= 0.3 is 6.18 Å². The number of benzene rings is 1. The highest BCUT2D eigenvalue weighted by molar-refractivity contribution is 5.66. The lowest BCUT2D eigenvalue weighted by Gasteiger charge is -2.33. The van der Waals surface area contributed by atoms with E-state index in [0.29, 0.717) is 5.69 Å². The van der Waals surface area contributed by atoms with Gasteiger partial charge in [0.1, 0.15) is 0 Å². The van der Waals surface area contributed by atoms with Crippen LogP contribution in [0.1, 0.15) is 5.56 Å². The monoisotopic (exact) mass is 274 g/mol. The van der Waals surface area contributed by atoms with E-state index in [2.05, 4.69) is 10.3 Å². The second kappa shape index (κ2) is 5.26. The van der Waals surface area contributed by atoms with Gasteiger partial charge in [0.05, 0.1) is 16.9 Å². The minimum Gasteiger partial charge on any atom is -0.397 e. The van der Waals surface area contributed by atoms with Crippen LogP contribution in [0.5, 0.6) is 0 Å². The van der Waals surface area contributed by atoms with Gasteiger partial charge in [-0.25, -0.2) is 5.01 Å². The molecule has 1 fully saturated rings. The van der Waals surface area contributed by atoms with Crippen LogP contribution in [0.4, 0.5) is 24.5 Å². The zero-order valence-electron chi connectivity index (χ0n) is 10.7. The third-order valence-corrected chi connectivity index (χ3v) is 3.16. The molecule has 3 N–H and O–H groups in total. The van der Waals surface area contributed by atoms with Crippen molar-refractivity contribution < 1.29 is 13.2 Å². The number of piperazine rings is 1. The lowest BCUT2D eigenvalue weighted by molar-refractivity contribution is -0.137. The number of hydrogen-bond donors (Lipinski definition) is 2. The van der Waals surface area contributed by atoms with E-state index in [9.17, 15) is 13.2 Å². The first-order valence-corrected chi connectivity index (χ1v) is 6.03. The zero-order chi connectivity index (χ0) is 14.0. The van der Waals surface area contributed by atoms with Crippen LogP contribution in [0.3, 0.4) is 0 Å². The smallest absolute Gasteiger partial charge is 0.397 e. The maximum Gasteiger partial charge on any atom is 0.416 e. The standard InChI is InChI=1S/C12H17F3N4/c1-18-4-6-19(7-5-18)17-11-3-2-9(8-10(11)16)12(13,14)15/h2-3,8,17H,4-7,16H2,1H3. The van der Waals surface area contributed by atoms with Crippen molar-refractivity contribution in [1.82, 2.24) is 9.91 Å². The summed E-state index contributed by atoms with van der Waals surface area (Å²) in [6.07, 6.45) is -4.36. The molecule has 106 valence electrons. The zero-order valence-corrected chi connectivity index (χ0v) is 10.7. The third kappa shape index (κ3) is 3.51. The van der Waals surface area contributed by atoms with Gasteiger partial charge in [0.2, 0.25) is 0 Å². The van der Waals surface area contributed by atoms with Gasteiger partial charge in [-0.3, -0.25) is 0 Å². The molecular weight excluding hydrogens is 257 g/mol. The van der Waals surface area contributed by atoms with E-state index in [1.165, 1.54) is 6.07 Å². The summed E-state index contributed by atoms with van der Waals surface area (Å²) in [5, 5.41) is 1.96. The molecule has 2 rings (SSSR count). The molecule has 0 spiro atoms. The minimum atomic E-state index is -4.36. The Kier molecular flexibility index (Phi) is 3.86. The summed E-state index contributed by atoms with van der Waals surface area (Å²) < 4.78 is 37.5. The van der Waals surface area contributed by atoms with Crippen molar-refractivity contribution >= 4 is 11.4 Å². The molecule has 1 aromatic rings. The largest absolute Gasteiger partial charge is 0.416 e. The Bertz CT molecular complexity index is 439. The van der Waals surface area contributed by atoms with Gasteiger partial charge in [-0.2, -0.15) is 13.2 Å². The summed E-state index contributed by atoms with van der Waals surface area (Å²) in [5.74, 6) is 0. The van der Waals surface area contributed by atoms with Gasteiger partial charge in [-0.1, -0.05) is 0 Å². The molecule has 1 heterocycles. The highest BCUT2D eigenvalue weighted by Gasteiger charge is 2.30. The molecule has 1 aliphatic rings. The molecule has 0 bridgehead atoms. The molecule has 0 amide bonds. The Hall–Kier alpha value is -1.47. The fraction of sp³-hybridized carbons (Fsp3) is 0.500. The number of rotatable bonds is 2. The van der Waals surface area contributed by atoms with Gasteiger partial charge in [-0.15, -0.1) is 0 Å². The first-order valence-electron chi connectivity index (χ1n) is 6.03. The Morgan fingerprint density at radius 3 is 2.32 bits per heavy atom. The second-order valence-electron chi connectivity index (χ2n) is 4.70. The SMILES string of the molecule is CN1CCN(Nc2ccc(C(F)(F)F)cc2N)CC1. The molecule has 19 heavy (non-hydrogen) atoms. The summed E-state index contributed by atoms with van der Waals surface area (Å²) >= 11 is 0. The molecule has 4 nitrogen and oxygen atoms in total. The maximum atomic E-state index is 12.5. The number of nitrogens with one attached hydrogen (secondary N) is 1. The van der Waals surface area contributed by atoms with E-state index in [-0.39, 0.29) is 5.69 Å². The minimum absolute atomic E-state index is 0.105.